The summed E-state index contributed by atoms with van der Waals surface area (Å²) in [5.41, 5.74) is 3.48. The van der Waals surface area contributed by atoms with E-state index in [0.29, 0.717) is 18.4 Å². The van der Waals surface area contributed by atoms with Crippen molar-refractivity contribution in [3.05, 3.63) is 41.3 Å². The van der Waals surface area contributed by atoms with Crippen molar-refractivity contribution in [3.63, 3.8) is 0 Å². The van der Waals surface area contributed by atoms with Crippen LogP contribution < -0.4 is 20.7 Å². The molecule has 3 N–H and O–H groups in total. The van der Waals surface area contributed by atoms with Gasteiger partial charge in [-0.15, -0.1) is 11.3 Å². The van der Waals surface area contributed by atoms with Gasteiger partial charge in [0.25, 0.3) is 0 Å². The molecule has 7 heteroatoms. The van der Waals surface area contributed by atoms with Crippen LogP contribution in [0.15, 0.2) is 35.7 Å². The monoisotopic (exact) mass is 302 g/mol. The molecule has 0 unspecified atom stereocenters. The summed E-state index contributed by atoms with van der Waals surface area (Å²) in [5, 5.41) is 2.83. The van der Waals surface area contributed by atoms with Crippen LogP contribution in [0.4, 0.5) is 5.95 Å². The fourth-order valence-corrected chi connectivity index (χ4v) is 2.63. The third-order valence-corrected chi connectivity index (χ3v) is 3.76. The number of nitrogens with two attached hydrogens (primary N) is 1. The third-order valence-electron chi connectivity index (χ3n) is 2.95. The summed E-state index contributed by atoms with van der Waals surface area (Å²) in [4.78, 5) is 9.36. The van der Waals surface area contributed by atoms with Crippen LogP contribution in [-0.2, 0) is 6.61 Å². The molecule has 0 aliphatic carbocycles. The van der Waals surface area contributed by atoms with Crippen molar-refractivity contribution in [1.29, 1.82) is 0 Å². The Balaban J connectivity index is 1.81. The molecule has 1 aromatic carbocycles. The maximum Gasteiger partial charge on any atom is 0.241 e. The van der Waals surface area contributed by atoms with Crippen molar-refractivity contribution in [1.82, 2.24) is 9.97 Å². The first-order valence-electron chi connectivity index (χ1n) is 6.28. The fraction of sp³-hybridized carbons (Fsp3) is 0.143. The molecular weight excluding hydrogens is 288 g/mol. The zero-order valence-electron chi connectivity index (χ0n) is 11.4. The minimum absolute atomic E-state index is 0.342. The lowest BCUT2D eigenvalue weighted by molar-refractivity contribution is 0.298. The SMILES string of the molecule is COc1ccc(COc2nc(NN)nc3sccc23)cc1. The van der Waals surface area contributed by atoms with E-state index in [1.165, 1.54) is 11.3 Å². The quantitative estimate of drug-likeness (QED) is 0.557. The van der Waals surface area contributed by atoms with Gasteiger partial charge in [0.15, 0.2) is 0 Å². The van der Waals surface area contributed by atoms with Crippen LogP contribution in [0.1, 0.15) is 5.56 Å². The van der Waals surface area contributed by atoms with Gasteiger partial charge in [0.2, 0.25) is 11.8 Å². The van der Waals surface area contributed by atoms with E-state index in [0.717, 1.165) is 21.5 Å². The molecule has 108 valence electrons. The molecule has 3 rings (SSSR count). The Labute approximate surface area is 125 Å². The number of aromatic nitrogens is 2. The van der Waals surface area contributed by atoms with Gasteiger partial charge in [-0.05, 0) is 29.1 Å². The number of thiophene rings is 1. The molecular formula is C14H14N4O2S. The van der Waals surface area contributed by atoms with Crippen LogP contribution in [0.25, 0.3) is 10.2 Å². The molecule has 0 saturated heterocycles. The number of hydrogen-bond acceptors (Lipinski definition) is 7. The minimum atomic E-state index is 0.342. The van der Waals surface area contributed by atoms with Crippen molar-refractivity contribution in [2.24, 2.45) is 5.84 Å². The van der Waals surface area contributed by atoms with Gasteiger partial charge in [0.05, 0.1) is 12.5 Å². The van der Waals surface area contributed by atoms with E-state index in [1.54, 1.807) is 7.11 Å². The molecule has 0 radical (unpaired) electrons. The van der Waals surface area contributed by atoms with Gasteiger partial charge in [-0.25, -0.2) is 10.8 Å². The molecule has 0 aliphatic rings. The van der Waals surface area contributed by atoms with Gasteiger partial charge in [-0.1, -0.05) is 12.1 Å². The Kier molecular flexibility index (Phi) is 3.85. The molecule has 3 aromatic rings. The zero-order chi connectivity index (χ0) is 14.7. The molecule has 0 saturated carbocycles. The van der Waals surface area contributed by atoms with E-state index < -0.39 is 0 Å². The summed E-state index contributed by atoms with van der Waals surface area (Å²) in [6, 6.07) is 9.63. The number of nitrogens with one attached hydrogen (secondary N) is 1. The van der Waals surface area contributed by atoms with E-state index >= 15 is 0 Å². The second-order valence-electron chi connectivity index (χ2n) is 4.27. The van der Waals surface area contributed by atoms with Gasteiger partial charge in [-0.3, -0.25) is 5.43 Å². The van der Waals surface area contributed by atoms with Crippen LogP contribution in [0.2, 0.25) is 0 Å². The number of hydrogen-bond donors (Lipinski definition) is 2. The fourth-order valence-electron chi connectivity index (χ4n) is 1.88. The normalized spacial score (nSPS) is 10.6. The van der Waals surface area contributed by atoms with Crippen LogP contribution in [0.5, 0.6) is 11.6 Å². The Morgan fingerprint density at radius 1 is 1.19 bits per heavy atom. The van der Waals surface area contributed by atoms with Crippen molar-refractivity contribution in [2.45, 2.75) is 6.61 Å². The first-order chi connectivity index (χ1) is 10.3. The predicted octanol–water partition coefficient (Wildman–Crippen LogP) is 2.56. The summed E-state index contributed by atoms with van der Waals surface area (Å²) in [6.45, 7) is 0.413. The largest absolute Gasteiger partial charge is 0.497 e. The molecule has 0 atom stereocenters. The highest BCUT2D eigenvalue weighted by molar-refractivity contribution is 7.16. The lowest BCUT2D eigenvalue weighted by Gasteiger charge is -2.08. The Morgan fingerprint density at radius 2 is 2.00 bits per heavy atom. The number of methoxy groups -OCH3 is 1. The number of fused-ring (bicyclic) bond motifs is 1. The summed E-state index contributed by atoms with van der Waals surface area (Å²) in [5.74, 6) is 7.05. The van der Waals surface area contributed by atoms with Gasteiger partial charge in [-0.2, -0.15) is 4.98 Å². The smallest absolute Gasteiger partial charge is 0.241 e. The lowest BCUT2D eigenvalue weighted by atomic mass is 10.2. The molecule has 0 aliphatic heterocycles. The Morgan fingerprint density at radius 3 is 2.71 bits per heavy atom. The molecule has 21 heavy (non-hydrogen) atoms. The van der Waals surface area contributed by atoms with E-state index in [1.807, 2.05) is 35.7 Å². The standard InChI is InChI=1S/C14H14N4O2S/c1-19-10-4-2-9(3-5-10)8-20-12-11-6-7-21-13(11)17-14(16-12)18-15/h2-7H,8,15H2,1H3,(H,16,17,18). The molecule has 0 bridgehead atoms. The first-order valence-corrected chi connectivity index (χ1v) is 7.15. The number of ether oxygens (including phenoxy) is 2. The van der Waals surface area contributed by atoms with E-state index in [-0.39, 0.29) is 0 Å². The predicted molar refractivity (Wildman–Crippen MR) is 82.6 cm³/mol. The number of anilines is 1. The molecule has 0 fully saturated rings. The van der Waals surface area contributed by atoms with Crippen molar-refractivity contribution < 1.29 is 9.47 Å². The summed E-state index contributed by atoms with van der Waals surface area (Å²) in [6.07, 6.45) is 0. The lowest BCUT2D eigenvalue weighted by Crippen LogP contribution is -2.11. The third kappa shape index (κ3) is 2.88. The summed E-state index contributed by atoms with van der Waals surface area (Å²) >= 11 is 1.51. The van der Waals surface area contributed by atoms with Crippen LogP contribution in [0, 0.1) is 0 Å². The number of nitrogens with zero attached hydrogens (tertiary/aromatic N) is 2. The van der Waals surface area contributed by atoms with Crippen LogP contribution in [0.3, 0.4) is 0 Å². The van der Waals surface area contributed by atoms with E-state index in [2.05, 4.69) is 15.4 Å². The average Bonchev–Trinajstić information content (AvgIpc) is 3.01. The second-order valence-corrected chi connectivity index (χ2v) is 5.17. The van der Waals surface area contributed by atoms with Crippen LogP contribution >= 0.6 is 11.3 Å². The maximum atomic E-state index is 5.80. The number of nitrogen functional groups attached to an aromatic ring is 1. The minimum Gasteiger partial charge on any atom is -0.497 e. The van der Waals surface area contributed by atoms with Crippen molar-refractivity contribution in [2.75, 3.05) is 12.5 Å². The average molecular weight is 302 g/mol. The Hall–Kier alpha value is -2.38. The molecule has 0 spiro atoms. The number of benzene rings is 1. The first kappa shape index (κ1) is 13.6. The molecule has 2 heterocycles. The topological polar surface area (TPSA) is 82.3 Å². The van der Waals surface area contributed by atoms with E-state index in [9.17, 15) is 0 Å². The molecule has 0 amide bonds. The van der Waals surface area contributed by atoms with Gasteiger partial charge < -0.3 is 9.47 Å². The second kappa shape index (κ2) is 5.94. The van der Waals surface area contributed by atoms with Gasteiger partial charge in [0.1, 0.15) is 17.2 Å². The number of rotatable bonds is 5. The van der Waals surface area contributed by atoms with Crippen LogP contribution in [-0.4, -0.2) is 17.1 Å². The summed E-state index contributed by atoms with van der Waals surface area (Å²) in [7, 11) is 1.64. The number of hydrazine groups is 1. The highest BCUT2D eigenvalue weighted by Crippen LogP contribution is 2.28. The summed E-state index contributed by atoms with van der Waals surface area (Å²) < 4.78 is 10.9. The van der Waals surface area contributed by atoms with Crippen molar-refractivity contribution in [3.8, 4) is 11.6 Å². The Bertz CT molecular complexity index is 742. The highest BCUT2D eigenvalue weighted by atomic mass is 32.1. The van der Waals surface area contributed by atoms with Gasteiger partial charge in [0, 0.05) is 0 Å². The van der Waals surface area contributed by atoms with Crippen molar-refractivity contribution >= 4 is 27.5 Å². The van der Waals surface area contributed by atoms with Gasteiger partial charge >= 0.3 is 0 Å². The zero-order valence-corrected chi connectivity index (χ0v) is 12.2. The van der Waals surface area contributed by atoms with E-state index in [4.69, 9.17) is 15.3 Å². The maximum absolute atomic E-state index is 5.80. The highest BCUT2D eigenvalue weighted by Gasteiger charge is 2.09. The molecule has 2 aromatic heterocycles. The molecule has 6 nitrogen and oxygen atoms in total.